The van der Waals surface area contributed by atoms with Gasteiger partial charge in [-0.1, -0.05) is 0 Å². The van der Waals surface area contributed by atoms with Crippen LogP contribution in [0.2, 0.25) is 0 Å². The Bertz CT molecular complexity index is 217. The summed E-state index contributed by atoms with van der Waals surface area (Å²) in [6, 6.07) is 0. The molecule has 0 fully saturated rings. The molecule has 0 spiro atoms. The molecule has 0 aromatic carbocycles. The van der Waals surface area contributed by atoms with Gasteiger partial charge in [-0.05, 0) is 13.3 Å². The minimum Gasteiger partial charge on any atom is -0.270 e. The Balaban J connectivity index is 3.48. The molecule has 0 aromatic heterocycles. The molecule has 0 N–H and O–H groups in total. The van der Waals surface area contributed by atoms with E-state index in [0.29, 0.717) is 0 Å². The van der Waals surface area contributed by atoms with Crippen molar-refractivity contribution in [3.05, 3.63) is 0 Å². The third kappa shape index (κ3) is 9.77. The van der Waals surface area contributed by atoms with Crippen molar-refractivity contribution < 1.29 is 21.4 Å². The zero-order valence-electron chi connectivity index (χ0n) is 7.01. The first kappa shape index (κ1) is 11.8. The third-order valence-corrected chi connectivity index (χ3v) is 1.65. The van der Waals surface area contributed by atoms with Gasteiger partial charge in [-0.25, -0.2) is 8.78 Å². The lowest BCUT2D eigenvalue weighted by molar-refractivity contribution is 0.00785. The largest absolute Gasteiger partial charge is 0.270 e. The smallest absolute Gasteiger partial charge is 0.264 e. The van der Waals surface area contributed by atoms with Crippen LogP contribution < -0.4 is 0 Å². The van der Waals surface area contributed by atoms with Gasteiger partial charge in [0.1, 0.15) is 0 Å². The molecule has 6 heteroatoms. The van der Waals surface area contributed by atoms with Crippen LogP contribution in [0.3, 0.4) is 0 Å². The highest BCUT2D eigenvalue weighted by Gasteiger charge is 2.20. The Morgan fingerprint density at radius 1 is 1.42 bits per heavy atom. The average Bonchev–Trinajstić information content (AvgIpc) is 1.76. The maximum absolute atomic E-state index is 12.1. The maximum Gasteiger partial charge on any atom is 0.264 e. The van der Waals surface area contributed by atoms with Crippen molar-refractivity contribution in [3.63, 3.8) is 0 Å². The van der Waals surface area contributed by atoms with Crippen molar-refractivity contribution in [2.75, 3.05) is 12.9 Å². The van der Waals surface area contributed by atoms with Gasteiger partial charge in [-0.3, -0.25) is 4.18 Å². The number of alkyl halides is 2. The highest BCUT2D eigenvalue weighted by Crippen LogP contribution is 2.18. The van der Waals surface area contributed by atoms with Crippen molar-refractivity contribution in [2.45, 2.75) is 25.7 Å². The van der Waals surface area contributed by atoms with Crippen LogP contribution in [0.4, 0.5) is 8.78 Å². The van der Waals surface area contributed by atoms with Gasteiger partial charge in [0.25, 0.3) is 10.1 Å². The lowest BCUT2D eigenvalue weighted by atomic mass is 10.2. The number of rotatable bonds is 5. The molecule has 0 saturated heterocycles. The van der Waals surface area contributed by atoms with E-state index in [1.54, 1.807) is 0 Å². The first-order valence-electron chi connectivity index (χ1n) is 3.43. The second-order valence-corrected chi connectivity index (χ2v) is 4.34. The van der Waals surface area contributed by atoms with E-state index in [4.69, 9.17) is 0 Å². The van der Waals surface area contributed by atoms with Crippen LogP contribution in [0.1, 0.15) is 19.8 Å². The van der Waals surface area contributed by atoms with E-state index in [9.17, 15) is 17.2 Å². The van der Waals surface area contributed by atoms with E-state index >= 15 is 0 Å². The van der Waals surface area contributed by atoms with Crippen molar-refractivity contribution >= 4 is 10.1 Å². The summed E-state index contributed by atoms with van der Waals surface area (Å²) in [5.74, 6) is -2.75. The molecule has 0 aromatic rings. The molecule has 0 aliphatic carbocycles. The quantitative estimate of drug-likeness (QED) is 0.500. The van der Waals surface area contributed by atoms with Gasteiger partial charge in [0.05, 0.1) is 12.9 Å². The summed E-state index contributed by atoms with van der Waals surface area (Å²) < 4.78 is 49.2. The predicted molar refractivity (Wildman–Crippen MR) is 40.7 cm³/mol. The molecule has 0 rings (SSSR count). The number of halogens is 2. The Labute approximate surface area is 70.8 Å². The summed E-state index contributed by atoms with van der Waals surface area (Å²) in [5.41, 5.74) is 0. The molecule has 0 amide bonds. The molecule has 0 unspecified atom stereocenters. The standard InChI is InChI=1S/C6H12F2O3S/c1-6(7,8)4-3-5-11-12(2,9)10/h3-5H2,1-2H3. The first-order chi connectivity index (χ1) is 5.21. The summed E-state index contributed by atoms with van der Waals surface area (Å²) in [6.07, 6.45) is 0.566. The van der Waals surface area contributed by atoms with Crippen LogP contribution >= 0.6 is 0 Å². The van der Waals surface area contributed by atoms with Gasteiger partial charge in [0, 0.05) is 6.42 Å². The first-order valence-corrected chi connectivity index (χ1v) is 5.24. The van der Waals surface area contributed by atoms with E-state index < -0.39 is 16.0 Å². The van der Waals surface area contributed by atoms with Crippen molar-refractivity contribution in [1.82, 2.24) is 0 Å². The van der Waals surface area contributed by atoms with E-state index in [2.05, 4.69) is 4.18 Å². The van der Waals surface area contributed by atoms with Gasteiger partial charge < -0.3 is 0 Å². The second-order valence-electron chi connectivity index (χ2n) is 2.70. The molecule has 0 bridgehead atoms. The number of hydrogen-bond donors (Lipinski definition) is 0. The van der Waals surface area contributed by atoms with Crippen LogP contribution in [-0.4, -0.2) is 27.2 Å². The summed E-state index contributed by atoms with van der Waals surface area (Å²) in [7, 11) is -3.49. The summed E-state index contributed by atoms with van der Waals surface area (Å²) in [5, 5.41) is 0. The molecule has 12 heavy (non-hydrogen) atoms. The average molecular weight is 202 g/mol. The molecule has 0 aliphatic rings. The summed E-state index contributed by atoms with van der Waals surface area (Å²) in [6.45, 7) is 0.607. The SMILES string of the molecule is CC(F)(F)CCCOS(C)(=O)=O. The Hall–Kier alpha value is -0.230. The summed E-state index contributed by atoms with van der Waals surface area (Å²) in [4.78, 5) is 0. The fraction of sp³-hybridized carbons (Fsp3) is 1.00. The van der Waals surface area contributed by atoms with Crippen LogP contribution in [0.5, 0.6) is 0 Å². The molecular weight excluding hydrogens is 190 g/mol. The molecule has 0 heterocycles. The van der Waals surface area contributed by atoms with Crippen molar-refractivity contribution in [1.29, 1.82) is 0 Å². The zero-order valence-corrected chi connectivity index (χ0v) is 7.83. The predicted octanol–water partition coefficient (Wildman–Crippen LogP) is 1.40. The second kappa shape index (κ2) is 4.13. The Kier molecular flexibility index (Phi) is 4.05. The molecule has 74 valence electrons. The third-order valence-electron chi connectivity index (χ3n) is 1.06. The molecular formula is C6H12F2O3S. The number of hydrogen-bond acceptors (Lipinski definition) is 3. The normalized spacial score (nSPS) is 13.3. The molecule has 0 saturated carbocycles. The van der Waals surface area contributed by atoms with Crippen LogP contribution in [0.25, 0.3) is 0 Å². The molecule has 0 atom stereocenters. The van der Waals surface area contributed by atoms with Crippen LogP contribution in [-0.2, 0) is 14.3 Å². The Morgan fingerprint density at radius 2 is 1.92 bits per heavy atom. The van der Waals surface area contributed by atoms with Crippen molar-refractivity contribution in [3.8, 4) is 0 Å². The van der Waals surface area contributed by atoms with Gasteiger partial charge >= 0.3 is 0 Å². The maximum atomic E-state index is 12.1. The van der Waals surface area contributed by atoms with Crippen LogP contribution in [0, 0.1) is 0 Å². The zero-order chi connectivity index (χ0) is 9.83. The van der Waals surface area contributed by atoms with E-state index in [1.807, 2.05) is 0 Å². The van der Waals surface area contributed by atoms with Crippen LogP contribution in [0.15, 0.2) is 0 Å². The van der Waals surface area contributed by atoms with Gasteiger partial charge in [-0.2, -0.15) is 8.42 Å². The van der Waals surface area contributed by atoms with E-state index in [0.717, 1.165) is 13.2 Å². The van der Waals surface area contributed by atoms with Gasteiger partial charge in [0.15, 0.2) is 0 Å². The highest BCUT2D eigenvalue weighted by molar-refractivity contribution is 7.85. The minimum absolute atomic E-state index is 0.0383. The fourth-order valence-electron chi connectivity index (χ4n) is 0.593. The minimum atomic E-state index is -3.49. The Morgan fingerprint density at radius 3 is 2.25 bits per heavy atom. The van der Waals surface area contributed by atoms with Gasteiger partial charge in [-0.15, -0.1) is 0 Å². The molecule has 3 nitrogen and oxygen atoms in total. The monoisotopic (exact) mass is 202 g/mol. The fourth-order valence-corrected chi connectivity index (χ4v) is 1.01. The lowest BCUT2D eigenvalue weighted by Gasteiger charge is -2.08. The summed E-state index contributed by atoms with van der Waals surface area (Å²) >= 11 is 0. The van der Waals surface area contributed by atoms with Gasteiger partial charge in [0.2, 0.25) is 5.92 Å². The molecule has 0 aliphatic heterocycles. The van der Waals surface area contributed by atoms with E-state index in [1.165, 1.54) is 0 Å². The topological polar surface area (TPSA) is 43.4 Å². The van der Waals surface area contributed by atoms with E-state index in [-0.39, 0.29) is 19.4 Å². The lowest BCUT2D eigenvalue weighted by Crippen LogP contribution is -2.12. The molecule has 0 radical (unpaired) electrons. The highest BCUT2D eigenvalue weighted by atomic mass is 32.2. The van der Waals surface area contributed by atoms with Crippen molar-refractivity contribution in [2.24, 2.45) is 0 Å².